The lowest BCUT2D eigenvalue weighted by Crippen LogP contribution is -2.48. The molecular weight excluding hydrogens is 499 g/mol. The third-order valence-electron chi connectivity index (χ3n) is 7.14. The molecule has 0 spiro atoms. The lowest BCUT2D eigenvalue weighted by molar-refractivity contribution is 0.0765. The fourth-order valence-corrected chi connectivity index (χ4v) is 5.46. The molecule has 0 bridgehead atoms. The number of rotatable bonds is 10. The Bertz CT molecular complexity index is 929. The van der Waals surface area contributed by atoms with Crippen LogP contribution in [0, 0.1) is 11.7 Å². The first-order valence-corrected chi connectivity index (χ1v) is 15.5. The van der Waals surface area contributed by atoms with E-state index >= 15 is 0 Å². The average Bonchev–Trinajstić information content (AvgIpc) is 3.59. The Kier molecular flexibility index (Phi) is 8.41. The average molecular weight is 538 g/mol. The minimum absolute atomic E-state index is 0.141. The van der Waals surface area contributed by atoms with Crippen molar-refractivity contribution in [1.29, 1.82) is 0 Å². The fraction of sp³-hybridized carbons (Fsp3) is 0.577. The molecule has 1 heterocycles. The molecule has 0 radical (unpaired) electrons. The molecule has 0 saturated heterocycles. The van der Waals surface area contributed by atoms with Crippen molar-refractivity contribution in [3.8, 4) is 5.75 Å². The molecule has 1 aromatic carbocycles. The van der Waals surface area contributed by atoms with Crippen LogP contribution in [0.3, 0.4) is 0 Å². The fourth-order valence-electron chi connectivity index (χ4n) is 3.76. The van der Waals surface area contributed by atoms with E-state index in [1.807, 2.05) is 19.1 Å². The van der Waals surface area contributed by atoms with Crippen molar-refractivity contribution in [2.45, 2.75) is 77.4 Å². The van der Waals surface area contributed by atoms with Gasteiger partial charge in [-0.3, -0.25) is 4.90 Å². The summed E-state index contributed by atoms with van der Waals surface area (Å²) in [6, 6.07) is 11.0. The standard InChI is InChI=1S/C26H38BrFN2O2Si/c1-18(25-22(28)14-15-24(27)29-25)30(16-19-8-12-21(31-5)13-9-19)17-23(20-10-11-20)32-33(6,7)26(2,3)4/h8-9,12-15,18,20,23H,10-11,16-17H2,1-7H3. The Morgan fingerprint density at radius 2 is 1.79 bits per heavy atom. The van der Waals surface area contributed by atoms with Gasteiger partial charge in [0.15, 0.2) is 8.32 Å². The summed E-state index contributed by atoms with van der Waals surface area (Å²) in [5, 5.41) is 0.143. The summed E-state index contributed by atoms with van der Waals surface area (Å²) in [5.74, 6) is 1.12. The van der Waals surface area contributed by atoms with Gasteiger partial charge in [-0.1, -0.05) is 32.9 Å². The molecule has 1 fully saturated rings. The van der Waals surface area contributed by atoms with Crippen molar-refractivity contribution in [2.24, 2.45) is 5.92 Å². The van der Waals surface area contributed by atoms with Gasteiger partial charge in [0, 0.05) is 13.1 Å². The number of pyridine rings is 1. The maximum Gasteiger partial charge on any atom is 0.192 e. The molecule has 33 heavy (non-hydrogen) atoms. The topological polar surface area (TPSA) is 34.6 Å². The number of halogens is 2. The van der Waals surface area contributed by atoms with E-state index in [4.69, 9.17) is 9.16 Å². The van der Waals surface area contributed by atoms with Crippen molar-refractivity contribution < 1.29 is 13.6 Å². The van der Waals surface area contributed by atoms with E-state index in [-0.39, 0.29) is 23.0 Å². The van der Waals surface area contributed by atoms with Crippen molar-refractivity contribution in [3.05, 3.63) is 58.1 Å². The van der Waals surface area contributed by atoms with Crippen molar-refractivity contribution in [1.82, 2.24) is 9.88 Å². The number of ether oxygens (including phenoxy) is 1. The number of methoxy groups -OCH3 is 1. The van der Waals surface area contributed by atoms with Gasteiger partial charge in [0.1, 0.15) is 16.2 Å². The Labute approximate surface area is 208 Å². The Morgan fingerprint density at radius 3 is 2.33 bits per heavy atom. The third kappa shape index (κ3) is 6.87. The summed E-state index contributed by atoms with van der Waals surface area (Å²) < 4.78 is 27.7. The molecule has 2 atom stereocenters. The van der Waals surface area contributed by atoms with Gasteiger partial charge in [0.2, 0.25) is 0 Å². The molecule has 1 aliphatic rings. The maximum atomic E-state index is 14.8. The number of hydrogen-bond donors (Lipinski definition) is 0. The summed E-state index contributed by atoms with van der Waals surface area (Å²) >= 11 is 3.41. The van der Waals surface area contributed by atoms with Crippen LogP contribution in [0.25, 0.3) is 0 Å². The van der Waals surface area contributed by atoms with E-state index in [9.17, 15) is 4.39 Å². The largest absolute Gasteiger partial charge is 0.497 e. The second kappa shape index (κ2) is 10.5. The lowest BCUT2D eigenvalue weighted by atomic mass is 10.1. The predicted octanol–water partition coefficient (Wildman–Crippen LogP) is 7.36. The van der Waals surface area contributed by atoms with Gasteiger partial charge in [-0.05, 0) is 89.6 Å². The highest BCUT2D eigenvalue weighted by molar-refractivity contribution is 9.10. The van der Waals surface area contributed by atoms with Crippen LogP contribution in [-0.2, 0) is 11.0 Å². The smallest absolute Gasteiger partial charge is 0.192 e. The van der Waals surface area contributed by atoms with Gasteiger partial charge in [-0.15, -0.1) is 0 Å². The second-order valence-corrected chi connectivity index (χ2v) is 16.3. The summed E-state index contributed by atoms with van der Waals surface area (Å²) in [7, 11) is -0.266. The van der Waals surface area contributed by atoms with E-state index in [2.05, 4.69) is 71.8 Å². The second-order valence-electron chi connectivity index (χ2n) is 10.7. The van der Waals surface area contributed by atoms with E-state index < -0.39 is 8.32 Å². The van der Waals surface area contributed by atoms with Crippen LogP contribution >= 0.6 is 15.9 Å². The molecule has 7 heteroatoms. The van der Waals surface area contributed by atoms with Crippen LogP contribution in [0.4, 0.5) is 4.39 Å². The lowest BCUT2D eigenvalue weighted by Gasteiger charge is -2.41. The first-order chi connectivity index (χ1) is 15.4. The SMILES string of the molecule is COc1ccc(CN(CC(O[Si](C)(C)C(C)(C)C)C2CC2)C(C)c2nc(Br)ccc2F)cc1. The molecule has 2 aromatic rings. The highest BCUT2D eigenvalue weighted by Gasteiger charge is 2.43. The Hall–Kier alpha value is -1.28. The van der Waals surface area contributed by atoms with Crippen LogP contribution in [0.15, 0.2) is 41.0 Å². The molecule has 2 unspecified atom stereocenters. The van der Waals surface area contributed by atoms with E-state index in [0.717, 1.165) is 17.9 Å². The van der Waals surface area contributed by atoms with Crippen LogP contribution in [0.2, 0.25) is 18.1 Å². The zero-order valence-electron chi connectivity index (χ0n) is 21.0. The van der Waals surface area contributed by atoms with Crippen LogP contribution in [0.5, 0.6) is 5.75 Å². The summed E-state index contributed by atoms with van der Waals surface area (Å²) in [6.45, 7) is 14.9. The van der Waals surface area contributed by atoms with Crippen LogP contribution in [0.1, 0.15) is 57.8 Å². The van der Waals surface area contributed by atoms with E-state index in [0.29, 0.717) is 22.8 Å². The van der Waals surface area contributed by atoms with Gasteiger partial charge >= 0.3 is 0 Å². The van der Waals surface area contributed by atoms with Gasteiger partial charge in [0.05, 0.1) is 24.9 Å². The minimum atomic E-state index is -1.94. The van der Waals surface area contributed by atoms with E-state index in [1.54, 1.807) is 13.2 Å². The van der Waals surface area contributed by atoms with Crippen molar-refractivity contribution in [2.75, 3.05) is 13.7 Å². The predicted molar refractivity (Wildman–Crippen MR) is 139 cm³/mol. The monoisotopic (exact) mass is 536 g/mol. The molecule has 0 aliphatic heterocycles. The number of nitrogens with zero attached hydrogens (tertiary/aromatic N) is 2. The van der Waals surface area contributed by atoms with Gasteiger partial charge < -0.3 is 9.16 Å². The summed E-state index contributed by atoms with van der Waals surface area (Å²) in [5.41, 5.74) is 1.61. The summed E-state index contributed by atoms with van der Waals surface area (Å²) in [4.78, 5) is 6.81. The number of benzene rings is 1. The quantitative estimate of drug-likeness (QED) is 0.234. The molecular formula is C26H38BrFN2O2Si. The van der Waals surface area contributed by atoms with Crippen molar-refractivity contribution >= 4 is 24.2 Å². The number of hydrogen-bond acceptors (Lipinski definition) is 4. The molecule has 1 saturated carbocycles. The molecule has 0 amide bonds. The Balaban J connectivity index is 1.89. The normalized spacial score (nSPS) is 16.7. The highest BCUT2D eigenvalue weighted by atomic mass is 79.9. The molecule has 4 nitrogen and oxygen atoms in total. The number of aromatic nitrogens is 1. The van der Waals surface area contributed by atoms with Crippen molar-refractivity contribution in [3.63, 3.8) is 0 Å². The zero-order chi connectivity index (χ0) is 24.4. The third-order valence-corrected chi connectivity index (χ3v) is 12.1. The molecule has 182 valence electrons. The minimum Gasteiger partial charge on any atom is -0.497 e. The maximum absolute atomic E-state index is 14.8. The Morgan fingerprint density at radius 1 is 1.15 bits per heavy atom. The molecule has 0 N–H and O–H groups in total. The first-order valence-electron chi connectivity index (χ1n) is 11.8. The first kappa shape index (κ1) is 26.3. The molecule has 1 aromatic heterocycles. The molecule has 1 aliphatic carbocycles. The van der Waals surface area contributed by atoms with Gasteiger partial charge in [-0.2, -0.15) is 0 Å². The van der Waals surface area contributed by atoms with E-state index in [1.165, 1.54) is 18.9 Å². The molecule has 3 rings (SSSR count). The highest BCUT2D eigenvalue weighted by Crippen LogP contribution is 2.43. The van der Waals surface area contributed by atoms with Gasteiger partial charge in [0.25, 0.3) is 0 Å². The summed E-state index contributed by atoms with van der Waals surface area (Å²) in [6.07, 6.45) is 2.54. The van der Waals surface area contributed by atoms with Crippen LogP contribution < -0.4 is 4.74 Å². The zero-order valence-corrected chi connectivity index (χ0v) is 23.6. The van der Waals surface area contributed by atoms with Gasteiger partial charge in [-0.25, -0.2) is 9.37 Å². The van der Waals surface area contributed by atoms with Crippen LogP contribution in [-0.4, -0.2) is 38.0 Å².